The van der Waals surface area contributed by atoms with Crippen molar-refractivity contribution in [3.05, 3.63) is 0 Å². The van der Waals surface area contributed by atoms with Crippen molar-refractivity contribution >= 4 is 11.1 Å². The Kier molecular flexibility index (Phi) is 2.56. The van der Waals surface area contributed by atoms with Gasteiger partial charge in [0.1, 0.15) is 0 Å². The van der Waals surface area contributed by atoms with Crippen molar-refractivity contribution in [2.75, 3.05) is 0 Å². The van der Waals surface area contributed by atoms with Gasteiger partial charge in [-0.15, -0.1) is 0 Å². The van der Waals surface area contributed by atoms with Crippen LogP contribution >= 0.6 is 0 Å². The zero-order valence-electron chi connectivity index (χ0n) is 10.9. The van der Waals surface area contributed by atoms with Crippen molar-refractivity contribution in [3.8, 4) is 0 Å². The van der Waals surface area contributed by atoms with E-state index in [0.717, 1.165) is 25.7 Å². The molecule has 0 unspecified atom stereocenters. The van der Waals surface area contributed by atoms with Crippen LogP contribution in [0.25, 0.3) is 0 Å². The van der Waals surface area contributed by atoms with E-state index in [1.54, 1.807) is 0 Å². The van der Waals surface area contributed by atoms with Crippen molar-refractivity contribution in [1.82, 2.24) is 0 Å². The highest BCUT2D eigenvalue weighted by molar-refractivity contribution is 7.82. The molecule has 4 saturated carbocycles. The van der Waals surface area contributed by atoms with Crippen LogP contribution in [0.1, 0.15) is 38.5 Å². The highest BCUT2D eigenvalue weighted by atomic mass is 32.2. The lowest BCUT2D eigenvalue weighted by Gasteiger charge is -2.58. The van der Waals surface area contributed by atoms with Crippen LogP contribution in [-0.4, -0.2) is 26.0 Å². The van der Waals surface area contributed by atoms with Crippen LogP contribution in [-0.2, 0) is 15.3 Å². The number of rotatable bonds is 0. The Balaban J connectivity index is 1.73. The third-order valence-electron chi connectivity index (χ3n) is 6.00. The summed E-state index contributed by atoms with van der Waals surface area (Å²) < 4.78 is 55.0. The smallest absolute Gasteiger partial charge is 0.358 e. The molecule has 5 aliphatic rings. The summed E-state index contributed by atoms with van der Waals surface area (Å²) in [5.74, 6) is -2.07. The zero-order valence-corrected chi connectivity index (χ0v) is 11.7. The van der Waals surface area contributed by atoms with Gasteiger partial charge in [0.2, 0.25) is 0 Å². The summed E-state index contributed by atoms with van der Waals surface area (Å²) in [7, 11) is 0. The SMILES string of the molecule is O=[S@@]1O[C@@](O)(C(F)(F)F)CC12C1CC3CC(C1)CC2C3. The lowest BCUT2D eigenvalue weighted by molar-refractivity contribution is -0.331. The van der Waals surface area contributed by atoms with Gasteiger partial charge in [0.05, 0.1) is 4.75 Å². The fourth-order valence-corrected chi connectivity index (χ4v) is 7.16. The van der Waals surface area contributed by atoms with E-state index >= 15 is 0 Å². The van der Waals surface area contributed by atoms with Gasteiger partial charge in [0, 0.05) is 6.42 Å². The van der Waals surface area contributed by atoms with Crippen LogP contribution in [0.5, 0.6) is 0 Å². The predicted molar refractivity (Wildman–Crippen MR) is 64.6 cm³/mol. The molecule has 0 aromatic heterocycles. The second kappa shape index (κ2) is 3.79. The van der Waals surface area contributed by atoms with Crippen molar-refractivity contribution < 1.29 is 26.7 Å². The van der Waals surface area contributed by atoms with Gasteiger partial charge in [-0.3, -0.25) is 0 Å². The molecular formula is C13H17F3O3S. The summed E-state index contributed by atoms with van der Waals surface area (Å²) in [6.07, 6.45) is -0.899. The standard InChI is InChI=1S/C13H17F3O3S/c14-13(15,16)12(17)6-11(20(18)19-12)9-2-7-1-8(4-9)5-10(11)3-7/h7-10,17H,1-6H2/t7?,8?,9?,10?,11?,12-,20-/m1/s1. The molecule has 0 aromatic rings. The Morgan fingerprint density at radius 2 is 1.55 bits per heavy atom. The largest absolute Gasteiger partial charge is 0.444 e. The average Bonchev–Trinajstić information content (AvgIpc) is 2.59. The highest BCUT2D eigenvalue weighted by Crippen LogP contribution is 2.65. The molecule has 1 aliphatic heterocycles. The van der Waals surface area contributed by atoms with Gasteiger partial charge in [-0.25, -0.2) is 8.39 Å². The van der Waals surface area contributed by atoms with Crippen LogP contribution in [0.2, 0.25) is 0 Å². The van der Waals surface area contributed by atoms with Gasteiger partial charge in [0.25, 0.3) is 5.79 Å². The molecule has 0 amide bonds. The van der Waals surface area contributed by atoms with E-state index in [-0.39, 0.29) is 11.8 Å². The molecule has 5 fully saturated rings. The van der Waals surface area contributed by atoms with Crippen molar-refractivity contribution in [2.24, 2.45) is 23.7 Å². The molecule has 20 heavy (non-hydrogen) atoms. The Morgan fingerprint density at radius 3 is 1.95 bits per heavy atom. The van der Waals surface area contributed by atoms with Crippen molar-refractivity contribution in [3.63, 3.8) is 0 Å². The molecule has 1 saturated heterocycles. The van der Waals surface area contributed by atoms with Crippen LogP contribution in [0, 0.1) is 23.7 Å². The molecule has 5 rings (SSSR count). The van der Waals surface area contributed by atoms with E-state index in [0.29, 0.717) is 11.8 Å². The van der Waals surface area contributed by atoms with E-state index in [1.807, 2.05) is 0 Å². The minimum absolute atomic E-state index is 0.0101. The third-order valence-corrected chi connectivity index (χ3v) is 7.86. The summed E-state index contributed by atoms with van der Waals surface area (Å²) in [5, 5.41) is 9.81. The number of hydrogen-bond acceptors (Lipinski definition) is 3. The first-order valence-corrected chi connectivity index (χ1v) is 8.22. The molecule has 0 aromatic carbocycles. The normalized spacial score (nSPS) is 57.7. The fraction of sp³-hybridized carbons (Fsp3) is 1.00. The van der Waals surface area contributed by atoms with Crippen LogP contribution < -0.4 is 0 Å². The molecule has 2 atom stereocenters. The van der Waals surface area contributed by atoms with Crippen LogP contribution in [0.4, 0.5) is 13.2 Å². The van der Waals surface area contributed by atoms with Crippen LogP contribution in [0.15, 0.2) is 0 Å². The molecule has 1 heterocycles. The number of alkyl halides is 3. The number of aliphatic hydroxyl groups is 1. The summed E-state index contributed by atoms with van der Waals surface area (Å²) in [4.78, 5) is 0. The number of hydrogen-bond donors (Lipinski definition) is 1. The second-order valence-electron chi connectivity index (χ2n) is 7.04. The van der Waals surface area contributed by atoms with E-state index < -0.39 is 34.2 Å². The van der Waals surface area contributed by atoms with Crippen molar-refractivity contribution in [1.29, 1.82) is 0 Å². The molecule has 4 aliphatic carbocycles. The van der Waals surface area contributed by atoms with Gasteiger partial charge < -0.3 is 5.11 Å². The van der Waals surface area contributed by atoms with Crippen LogP contribution in [0.3, 0.4) is 0 Å². The molecule has 114 valence electrons. The molecule has 7 heteroatoms. The Morgan fingerprint density at radius 1 is 1.05 bits per heavy atom. The molecule has 3 nitrogen and oxygen atoms in total. The van der Waals surface area contributed by atoms with Gasteiger partial charge in [-0.05, 0) is 55.8 Å². The first-order chi connectivity index (χ1) is 9.24. The maximum absolute atomic E-state index is 13.0. The summed E-state index contributed by atoms with van der Waals surface area (Å²) in [6, 6.07) is 0. The van der Waals surface area contributed by atoms with E-state index in [4.69, 9.17) is 0 Å². The van der Waals surface area contributed by atoms with E-state index in [9.17, 15) is 22.5 Å². The first-order valence-electron chi connectivity index (χ1n) is 7.15. The average molecular weight is 310 g/mol. The fourth-order valence-electron chi connectivity index (χ4n) is 5.36. The lowest BCUT2D eigenvalue weighted by atomic mass is 9.50. The third kappa shape index (κ3) is 1.52. The molecule has 1 N–H and O–H groups in total. The highest BCUT2D eigenvalue weighted by Gasteiger charge is 2.73. The topological polar surface area (TPSA) is 46.5 Å². The molecule has 1 spiro atoms. The monoisotopic (exact) mass is 310 g/mol. The molecule has 4 bridgehead atoms. The lowest BCUT2D eigenvalue weighted by Crippen LogP contribution is -2.59. The van der Waals surface area contributed by atoms with Gasteiger partial charge in [0.15, 0.2) is 11.1 Å². The van der Waals surface area contributed by atoms with Gasteiger partial charge >= 0.3 is 6.18 Å². The molecule has 0 radical (unpaired) electrons. The minimum Gasteiger partial charge on any atom is -0.358 e. The van der Waals surface area contributed by atoms with Gasteiger partial charge in [-0.2, -0.15) is 13.2 Å². The summed E-state index contributed by atoms with van der Waals surface area (Å²) >= 11 is -2.06. The molecular weight excluding hydrogens is 293 g/mol. The minimum atomic E-state index is -4.89. The summed E-state index contributed by atoms with van der Waals surface area (Å²) in [6.45, 7) is 0. The zero-order chi connectivity index (χ0) is 14.3. The Labute approximate surface area is 117 Å². The summed E-state index contributed by atoms with van der Waals surface area (Å²) in [5.41, 5.74) is 0. The van der Waals surface area contributed by atoms with Gasteiger partial charge in [-0.1, -0.05) is 0 Å². The maximum Gasteiger partial charge on any atom is 0.444 e. The Bertz CT molecular complexity index is 450. The van der Waals surface area contributed by atoms with E-state index in [2.05, 4.69) is 4.18 Å². The predicted octanol–water partition coefficient (Wildman–Crippen LogP) is 2.52. The second-order valence-corrected chi connectivity index (χ2v) is 8.43. The Hall–Kier alpha value is -0.140. The van der Waals surface area contributed by atoms with Crippen molar-refractivity contribution in [2.45, 2.75) is 55.2 Å². The number of halogens is 3. The maximum atomic E-state index is 13.0. The quantitative estimate of drug-likeness (QED) is 0.748. The first kappa shape index (κ1) is 13.5. The van der Waals surface area contributed by atoms with E-state index in [1.165, 1.54) is 6.42 Å².